The normalized spacial score (nSPS) is 11.3. The lowest BCUT2D eigenvalue weighted by molar-refractivity contribution is -0.118. The molecule has 0 aliphatic rings. The van der Waals surface area contributed by atoms with Crippen molar-refractivity contribution in [3.05, 3.63) is 49.7 Å². The van der Waals surface area contributed by atoms with Gasteiger partial charge >= 0.3 is 0 Å². The Bertz CT molecular complexity index is 946. The zero-order valence-electron chi connectivity index (χ0n) is 17.1. The molecular weight excluding hydrogens is 452 g/mol. The van der Waals surface area contributed by atoms with Crippen LogP contribution in [0.25, 0.3) is 0 Å². The molecule has 0 aliphatic heterocycles. The van der Waals surface area contributed by atoms with Gasteiger partial charge in [0.2, 0.25) is 18.7 Å². The molecule has 2 N–H and O–H groups in total. The standard InChI is InChI=1S/C17H17Cl2FN4O3.C2H5NO/c1-3-12-6-15(22-23-17(12)26)27-16-13(18)4-11(5-14(16)19)7-21-24(9-25)8-10(2)20;1-3-2-4/h4-7,9-10H,3,8H2,1-2H3,(H,23,26);2H,1H3,(H,3,4)/b21-7+;. The maximum Gasteiger partial charge on any atom is 0.267 e. The van der Waals surface area contributed by atoms with E-state index in [9.17, 15) is 14.0 Å². The molecule has 2 rings (SSSR count). The summed E-state index contributed by atoms with van der Waals surface area (Å²) in [6.45, 7) is 2.98. The molecule has 1 aromatic carbocycles. The van der Waals surface area contributed by atoms with Crippen LogP contribution < -0.4 is 15.6 Å². The lowest BCUT2D eigenvalue weighted by atomic mass is 10.2. The number of carbonyl (C=O) groups excluding carboxylic acids is 2. The Kier molecular flexibility index (Phi) is 11.2. The van der Waals surface area contributed by atoms with Crippen LogP contribution >= 0.6 is 23.2 Å². The number of benzene rings is 1. The summed E-state index contributed by atoms with van der Waals surface area (Å²) in [6, 6.07) is 4.53. The fraction of sp³-hybridized carbons (Fsp3) is 0.316. The predicted molar refractivity (Wildman–Crippen MR) is 117 cm³/mol. The molecule has 1 atom stereocenters. The second-order valence-corrected chi connectivity index (χ2v) is 6.80. The van der Waals surface area contributed by atoms with Crippen molar-refractivity contribution >= 4 is 42.2 Å². The van der Waals surface area contributed by atoms with Crippen LogP contribution in [0, 0.1) is 0 Å². The van der Waals surface area contributed by atoms with Crippen LogP contribution in [0.3, 0.4) is 0 Å². The van der Waals surface area contributed by atoms with Gasteiger partial charge in [0, 0.05) is 18.7 Å². The predicted octanol–water partition coefficient (Wildman–Crippen LogP) is 2.94. The van der Waals surface area contributed by atoms with E-state index < -0.39 is 6.17 Å². The second-order valence-electron chi connectivity index (χ2n) is 5.99. The highest BCUT2D eigenvalue weighted by Gasteiger charge is 2.13. The average Bonchev–Trinajstić information content (AvgIpc) is 2.74. The number of hydrogen-bond donors (Lipinski definition) is 2. The smallest absolute Gasteiger partial charge is 0.267 e. The van der Waals surface area contributed by atoms with Gasteiger partial charge in [-0.1, -0.05) is 30.1 Å². The lowest BCUT2D eigenvalue weighted by Gasteiger charge is -2.12. The topological polar surface area (TPSA) is 117 Å². The second kappa shape index (κ2) is 13.3. The lowest BCUT2D eigenvalue weighted by Crippen LogP contribution is -2.22. The van der Waals surface area contributed by atoms with E-state index in [2.05, 4.69) is 20.6 Å². The van der Waals surface area contributed by atoms with Gasteiger partial charge in [-0.2, -0.15) is 5.10 Å². The van der Waals surface area contributed by atoms with Crippen molar-refractivity contribution in [1.82, 2.24) is 20.5 Å². The zero-order valence-corrected chi connectivity index (χ0v) is 18.6. The number of rotatable bonds is 9. The fourth-order valence-electron chi connectivity index (χ4n) is 2.11. The van der Waals surface area contributed by atoms with Gasteiger partial charge in [-0.3, -0.25) is 14.4 Å². The largest absolute Gasteiger partial charge is 0.434 e. The van der Waals surface area contributed by atoms with Crippen LogP contribution in [0.15, 0.2) is 28.1 Å². The molecule has 0 spiro atoms. The molecule has 0 fully saturated rings. The van der Waals surface area contributed by atoms with E-state index in [4.69, 9.17) is 32.7 Å². The molecule has 2 amide bonds. The minimum atomic E-state index is -1.21. The summed E-state index contributed by atoms with van der Waals surface area (Å²) < 4.78 is 18.6. The quantitative estimate of drug-likeness (QED) is 0.329. The van der Waals surface area contributed by atoms with Crippen molar-refractivity contribution in [2.45, 2.75) is 26.4 Å². The van der Waals surface area contributed by atoms with Gasteiger partial charge in [0.1, 0.15) is 6.17 Å². The number of hydrazone groups is 1. The Balaban J connectivity index is 0.00000110. The van der Waals surface area contributed by atoms with E-state index in [0.29, 0.717) is 30.4 Å². The van der Waals surface area contributed by atoms with Crippen molar-refractivity contribution in [1.29, 1.82) is 0 Å². The minimum absolute atomic E-state index is 0.140. The van der Waals surface area contributed by atoms with Crippen molar-refractivity contribution in [3.8, 4) is 11.6 Å². The number of aryl methyl sites for hydroxylation is 1. The number of nitrogens with one attached hydrogen (secondary N) is 2. The number of aromatic amines is 1. The SMILES string of the molecule is CCc1cc(Oc2c(Cl)cc(/C=N/N(C=O)CC(C)F)cc2Cl)n[nH]c1=O.CNC=O. The van der Waals surface area contributed by atoms with Crippen molar-refractivity contribution in [2.24, 2.45) is 5.10 Å². The molecular formula is C19H22Cl2FN5O4. The van der Waals surface area contributed by atoms with Crippen LogP contribution in [0.2, 0.25) is 10.0 Å². The summed E-state index contributed by atoms with van der Waals surface area (Å²) in [4.78, 5) is 31.5. The Hall–Kier alpha value is -2.98. The van der Waals surface area contributed by atoms with Crippen molar-refractivity contribution in [2.75, 3.05) is 13.6 Å². The Morgan fingerprint density at radius 2 is 1.94 bits per heavy atom. The number of alkyl halides is 1. The van der Waals surface area contributed by atoms with Gasteiger partial charge in [0.25, 0.3) is 5.56 Å². The molecule has 0 radical (unpaired) electrons. The highest BCUT2D eigenvalue weighted by molar-refractivity contribution is 6.37. The van der Waals surface area contributed by atoms with Gasteiger partial charge in [-0.25, -0.2) is 14.5 Å². The van der Waals surface area contributed by atoms with Gasteiger partial charge in [0.15, 0.2) is 5.75 Å². The maximum atomic E-state index is 13.0. The van der Waals surface area contributed by atoms with Crippen molar-refractivity contribution < 1.29 is 18.7 Å². The van der Waals surface area contributed by atoms with Gasteiger partial charge in [0.05, 0.1) is 22.8 Å². The van der Waals surface area contributed by atoms with E-state index in [1.807, 2.05) is 6.92 Å². The van der Waals surface area contributed by atoms with E-state index in [-0.39, 0.29) is 33.8 Å². The Morgan fingerprint density at radius 3 is 2.42 bits per heavy atom. The third-order valence-electron chi connectivity index (χ3n) is 3.50. The summed E-state index contributed by atoms with van der Waals surface area (Å²) in [7, 11) is 1.56. The molecule has 168 valence electrons. The summed E-state index contributed by atoms with van der Waals surface area (Å²) in [5, 5.41) is 13.5. The van der Waals surface area contributed by atoms with Crippen LogP contribution in [-0.4, -0.2) is 54.0 Å². The summed E-state index contributed by atoms with van der Waals surface area (Å²) in [6.07, 6.45) is 1.66. The number of hydrogen-bond acceptors (Lipinski definition) is 6. The molecule has 0 aliphatic carbocycles. The molecule has 0 saturated heterocycles. The number of carbonyl (C=O) groups is 2. The third-order valence-corrected chi connectivity index (χ3v) is 4.06. The average molecular weight is 474 g/mol. The first kappa shape index (κ1) is 26.1. The van der Waals surface area contributed by atoms with E-state index >= 15 is 0 Å². The molecule has 1 unspecified atom stereocenters. The zero-order chi connectivity index (χ0) is 23.4. The van der Waals surface area contributed by atoms with Crippen LogP contribution in [0.4, 0.5) is 4.39 Å². The molecule has 0 bridgehead atoms. The summed E-state index contributed by atoms with van der Waals surface area (Å²) in [5.74, 6) is 0.294. The minimum Gasteiger partial charge on any atom is -0.434 e. The van der Waals surface area contributed by atoms with E-state index in [0.717, 1.165) is 5.01 Å². The molecule has 1 heterocycles. The monoisotopic (exact) mass is 473 g/mol. The Morgan fingerprint density at radius 1 is 1.32 bits per heavy atom. The Labute approximate surface area is 188 Å². The first-order chi connectivity index (χ1) is 14.7. The van der Waals surface area contributed by atoms with Gasteiger partial charge in [-0.15, -0.1) is 5.10 Å². The molecule has 0 saturated carbocycles. The highest BCUT2D eigenvalue weighted by atomic mass is 35.5. The molecule has 1 aromatic heterocycles. The number of nitrogens with zero attached hydrogens (tertiary/aromatic N) is 3. The number of amides is 2. The fourth-order valence-corrected chi connectivity index (χ4v) is 2.69. The number of ether oxygens (including phenoxy) is 1. The summed E-state index contributed by atoms with van der Waals surface area (Å²) >= 11 is 12.4. The van der Waals surface area contributed by atoms with E-state index in [1.165, 1.54) is 31.3 Å². The summed E-state index contributed by atoms with van der Waals surface area (Å²) in [5.41, 5.74) is 0.697. The van der Waals surface area contributed by atoms with E-state index in [1.54, 1.807) is 7.05 Å². The maximum absolute atomic E-state index is 13.0. The first-order valence-electron chi connectivity index (χ1n) is 9.02. The molecule has 12 heteroatoms. The van der Waals surface area contributed by atoms with Crippen molar-refractivity contribution in [3.63, 3.8) is 0 Å². The molecule has 2 aromatic rings. The van der Waals surface area contributed by atoms with Crippen LogP contribution in [-0.2, 0) is 16.0 Å². The van der Waals surface area contributed by atoms with Crippen LogP contribution in [0.1, 0.15) is 25.0 Å². The molecule has 9 nitrogen and oxygen atoms in total. The van der Waals surface area contributed by atoms with Crippen LogP contribution in [0.5, 0.6) is 11.6 Å². The third kappa shape index (κ3) is 8.73. The first-order valence-corrected chi connectivity index (χ1v) is 9.77. The number of H-pyrrole nitrogens is 1. The number of aromatic nitrogens is 2. The van der Waals surface area contributed by atoms with Gasteiger partial charge < -0.3 is 10.1 Å². The highest BCUT2D eigenvalue weighted by Crippen LogP contribution is 2.36. The van der Waals surface area contributed by atoms with Gasteiger partial charge in [-0.05, 0) is 31.0 Å². The molecule has 31 heavy (non-hydrogen) atoms. The number of halogens is 3.